The van der Waals surface area contributed by atoms with Crippen molar-refractivity contribution in [1.82, 2.24) is 25.2 Å². The molecule has 0 radical (unpaired) electrons. The maximum Gasteiger partial charge on any atom is 0.276 e. The lowest BCUT2D eigenvalue weighted by Crippen LogP contribution is -2.38. The Morgan fingerprint density at radius 1 is 1.22 bits per heavy atom. The minimum atomic E-state index is -0.555. The van der Waals surface area contributed by atoms with Gasteiger partial charge in [0.05, 0.1) is 0 Å². The van der Waals surface area contributed by atoms with Crippen molar-refractivity contribution in [3.63, 3.8) is 0 Å². The molecule has 27 heavy (non-hydrogen) atoms. The van der Waals surface area contributed by atoms with Gasteiger partial charge in [0.15, 0.2) is 11.5 Å². The van der Waals surface area contributed by atoms with Crippen LogP contribution in [-0.4, -0.2) is 50.1 Å². The van der Waals surface area contributed by atoms with Crippen LogP contribution in [0.25, 0.3) is 11.3 Å². The Balaban J connectivity index is 1.40. The zero-order valence-electron chi connectivity index (χ0n) is 14.5. The summed E-state index contributed by atoms with van der Waals surface area (Å²) in [6.45, 7) is 1.17. The number of H-pyrrole nitrogens is 1. The number of amides is 2. The van der Waals surface area contributed by atoms with Crippen LogP contribution in [0, 0.1) is 0 Å². The third kappa shape index (κ3) is 3.43. The van der Waals surface area contributed by atoms with E-state index in [4.69, 9.17) is 10.3 Å². The van der Waals surface area contributed by atoms with E-state index in [1.807, 2.05) is 6.07 Å². The largest absolute Gasteiger partial charge is 0.364 e. The molecule has 0 bridgehead atoms. The summed E-state index contributed by atoms with van der Waals surface area (Å²) in [6, 6.07) is 6.96. The van der Waals surface area contributed by atoms with E-state index in [-0.39, 0.29) is 23.2 Å². The van der Waals surface area contributed by atoms with Crippen molar-refractivity contribution in [2.24, 2.45) is 5.73 Å². The normalized spacial score (nSPS) is 15.0. The fourth-order valence-corrected chi connectivity index (χ4v) is 3.25. The molecule has 4 heterocycles. The van der Waals surface area contributed by atoms with Gasteiger partial charge in [0, 0.05) is 48.7 Å². The maximum atomic E-state index is 12.7. The van der Waals surface area contributed by atoms with Crippen molar-refractivity contribution >= 4 is 11.8 Å². The first-order valence-electron chi connectivity index (χ1n) is 8.63. The van der Waals surface area contributed by atoms with E-state index in [1.54, 1.807) is 35.5 Å². The van der Waals surface area contributed by atoms with Crippen LogP contribution in [0.15, 0.2) is 41.2 Å². The number of pyridine rings is 1. The van der Waals surface area contributed by atoms with Crippen LogP contribution >= 0.6 is 0 Å². The Labute approximate surface area is 154 Å². The summed E-state index contributed by atoms with van der Waals surface area (Å²) >= 11 is 0. The van der Waals surface area contributed by atoms with Gasteiger partial charge in [-0.25, -0.2) is 0 Å². The van der Waals surface area contributed by atoms with Crippen molar-refractivity contribution in [3.05, 3.63) is 53.7 Å². The van der Waals surface area contributed by atoms with Gasteiger partial charge >= 0.3 is 0 Å². The van der Waals surface area contributed by atoms with Crippen LogP contribution in [0.3, 0.4) is 0 Å². The number of aromatic nitrogens is 4. The minimum absolute atomic E-state index is 0.158. The zero-order chi connectivity index (χ0) is 18.8. The maximum absolute atomic E-state index is 12.7. The van der Waals surface area contributed by atoms with Crippen molar-refractivity contribution in [2.45, 2.75) is 18.8 Å². The predicted molar refractivity (Wildman–Crippen MR) is 94.7 cm³/mol. The fraction of sp³-hybridized carbons (Fsp3) is 0.278. The standard InChI is InChI=1S/C18H18N6O3/c19-17(25)14-8-13(21-22-14)11-3-6-24(7-4-11)18(26)15-9-16(27-23-15)12-2-1-5-20-10-12/h1-2,5,8-11H,3-4,6-7H2,(H2,19,25)(H,21,22). The molecule has 0 aromatic carbocycles. The molecule has 9 heteroatoms. The van der Waals surface area contributed by atoms with Crippen LogP contribution in [0.5, 0.6) is 0 Å². The summed E-state index contributed by atoms with van der Waals surface area (Å²) in [4.78, 5) is 29.6. The van der Waals surface area contributed by atoms with E-state index >= 15 is 0 Å². The Morgan fingerprint density at radius 3 is 2.70 bits per heavy atom. The number of rotatable bonds is 4. The zero-order valence-corrected chi connectivity index (χ0v) is 14.5. The quantitative estimate of drug-likeness (QED) is 0.721. The first-order chi connectivity index (χ1) is 13.1. The molecule has 4 rings (SSSR count). The van der Waals surface area contributed by atoms with Gasteiger partial charge in [0.2, 0.25) is 0 Å². The second-order valence-electron chi connectivity index (χ2n) is 6.46. The molecule has 0 aliphatic carbocycles. The number of nitrogens with one attached hydrogen (secondary N) is 1. The number of nitrogens with two attached hydrogens (primary N) is 1. The molecular weight excluding hydrogens is 348 g/mol. The van der Waals surface area contributed by atoms with Gasteiger partial charge in [-0.05, 0) is 31.0 Å². The summed E-state index contributed by atoms with van der Waals surface area (Å²) < 4.78 is 5.28. The smallest absolute Gasteiger partial charge is 0.276 e. The first-order valence-corrected chi connectivity index (χ1v) is 8.63. The summed E-state index contributed by atoms with van der Waals surface area (Å²) in [5.74, 6) is 0.00559. The van der Waals surface area contributed by atoms with Gasteiger partial charge in [-0.15, -0.1) is 0 Å². The lowest BCUT2D eigenvalue weighted by molar-refractivity contribution is 0.0701. The monoisotopic (exact) mass is 366 g/mol. The predicted octanol–water partition coefficient (Wildman–Crippen LogP) is 1.58. The van der Waals surface area contributed by atoms with E-state index < -0.39 is 5.91 Å². The number of primary amides is 1. The molecule has 3 N–H and O–H groups in total. The van der Waals surface area contributed by atoms with Crippen molar-refractivity contribution < 1.29 is 14.1 Å². The fourth-order valence-electron chi connectivity index (χ4n) is 3.25. The molecule has 0 saturated carbocycles. The Bertz CT molecular complexity index is 956. The molecule has 138 valence electrons. The topological polar surface area (TPSA) is 131 Å². The number of hydrogen-bond donors (Lipinski definition) is 2. The number of hydrogen-bond acceptors (Lipinski definition) is 6. The highest BCUT2D eigenvalue weighted by atomic mass is 16.5. The highest BCUT2D eigenvalue weighted by molar-refractivity contribution is 5.93. The SMILES string of the molecule is NC(=O)c1cc(C2CCN(C(=O)c3cc(-c4cccnc4)on3)CC2)[nH]n1. The van der Waals surface area contributed by atoms with Gasteiger partial charge in [0.25, 0.3) is 11.8 Å². The van der Waals surface area contributed by atoms with Crippen molar-refractivity contribution in [2.75, 3.05) is 13.1 Å². The molecule has 9 nitrogen and oxygen atoms in total. The molecule has 0 unspecified atom stereocenters. The van der Waals surface area contributed by atoms with Crippen molar-refractivity contribution in [3.8, 4) is 11.3 Å². The van der Waals surface area contributed by atoms with Gasteiger partial charge in [0.1, 0.15) is 5.69 Å². The summed E-state index contributed by atoms with van der Waals surface area (Å²) in [7, 11) is 0. The average molecular weight is 366 g/mol. The number of carbonyl (C=O) groups is 2. The molecule has 0 atom stereocenters. The van der Waals surface area contributed by atoms with Crippen LogP contribution in [-0.2, 0) is 0 Å². The highest BCUT2D eigenvalue weighted by Crippen LogP contribution is 2.28. The lowest BCUT2D eigenvalue weighted by atomic mass is 9.93. The van der Waals surface area contributed by atoms with E-state index in [0.29, 0.717) is 18.8 Å². The van der Waals surface area contributed by atoms with E-state index in [2.05, 4.69) is 20.3 Å². The van der Waals surface area contributed by atoms with Crippen LogP contribution in [0.4, 0.5) is 0 Å². The second-order valence-corrected chi connectivity index (χ2v) is 6.46. The molecule has 1 aliphatic heterocycles. The number of nitrogens with zero attached hydrogens (tertiary/aromatic N) is 4. The molecule has 0 spiro atoms. The van der Waals surface area contributed by atoms with Crippen LogP contribution in [0.2, 0.25) is 0 Å². The summed E-state index contributed by atoms with van der Waals surface area (Å²) in [6.07, 6.45) is 4.85. The number of aromatic amines is 1. The molecule has 3 aromatic rings. The second kappa shape index (κ2) is 7.02. The van der Waals surface area contributed by atoms with E-state index in [1.165, 1.54) is 0 Å². The molecule has 1 aliphatic rings. The van der Waals surface area contributed by atoms with Gasteiger partial charge < -0.3 is 15.2 Å². The Kier molecular flexibility index (Phi) is 4.41. The third-order valence-electron chi connectivity index (χ3n) is 4.75. The molecular formula is C18H18N6O3. The van der Waals surface area contributed by atoms with Gasteiger partial charge in [-0.3, -0.25) is 19.7 Å². The molecule has 1 fully saturated rings. The third-order valence-corrected chi connectivity index (χ3v) is 4.75. The van der Waals surface area contributed by atoms with Gasteiger partial charge in [-0.2, -0.15) is 5.10 Å². The van der Waals surface area contributed by atoms with Crippen LogP contribution in [0.1, 0.15) is 45.4 Å². The van der Waals surface area contributed by atoms with E-state index in [0.717, 1.165) is 24.1 Å². The van der Waals surface area contributed by atoms with Crippen molar-refractivity contribution in [1.29, 1.82) is 0 Å². The van der Waals surface area contributed by atoms with E-state index in [9.17, 15) is 9.59 Å². The Hall–Kier alpha value is -3.49. The van der Waals surface area contributed by atoms with Crippen LogP contribution < -0.4 is 5.73 Å². The average Bonchev–Trinajstić information content (AvgIpc) is 3.38. The number of piperidine rings is 1. The lowest BCUT2D eigenvalue weighted by Gasteiger charge is -2.30. The molecule has 3 aromatic heterocycles. The number of likely N-dealkylation sites (tertiary alicyclic amines) is 1. The first kappa shape index (κ1) is 17.0. The summed E-state index contributed by atoms with van der Waals surface area (Å²) in [5.41, 5.74) is 7.39. The molecule has 2 amide bonds. The number of carbonyl (C=O) groups excluding carboxylic acids is 2. The van der Waals surface area contributed by atoms with Gasteiger partial charge in [-0.1, -0.05) is 5.16 Å². The summed E-state index contributed by atoms with van der Waals surface area (Å²) in [5, 5.41) is 10.7. The molecule has 1 saturated heterocycles. The minimum Gasteiger partial charge on any atom is -0.364 e. The highest BCUT2D eigenvalue weighted by Gasteiger charge is 2.27. The Morgan fingerprint density at radius 2 is 2.04 bits per heavy atom.